The van der Waals surface area contributed by atoms with Crippen LogP contribution in [0.5, 0.6) is 5.75 Å². The highest BCUT2D eigenvalue weighted by molar-refractivity contribution is 9.10. The van der Waals surface area contributed by atoms with E-state index in [1.54, 1.807) is 0 Å². The molecule has 3 heteroatoms. The molecule has 1 saturated carbocycles. The van der Waals surface area contributed by atoms with Gasteiger partial charge in [0.15, 0.2) is 0 Å². The summed E-state index contributed by atoms with van der Waals surface area (Å²) in [5, 5.41) is 10.3. The average molecular weight is 311 g/mol. The maximum absolute atomic E-state index is 10.3. The van der Waals surface area contributed by atoms with Gasteiger partial charge in [-0.2, -0.15) is 0 Å². The third-order valence-electron chi connectivity index (χ3n) is 4.43. The first-order valence-electron chi connectivity index (χ1n) is 6.66. The predicted octanol–water partition coefficient (Wildman–Crippen LogP) is 4.07. The summed E-state index contributed by atoms with van der Waals surface area (Å²) in [4.78, 5) is 0. The molecule has 1 spiro atoms. The molecule has 1 N–H and O–H groups in total. The second-order valence-electron chi connectivity index (χ2n) is 6.10. The van der Waals surface area contributed by atoms with E-state index in [9.17, 15) is 5.11 Å². The molecule has 0 saturated heterocycles. The third-order valence-corrected chi connectivity index (χ3v) is 4.93. The zero-order valence-electron chi connectivity index (χ0n) is 10.8. The van der Waals surface area contributed by atoms with E-state index in [2.05, 4.69) is 29.8 Å². The molecule has 1 atom stereocenters. The predicted molar refractivity (Wildman–Crippen MR) is 74.6 cm³/mol. The molecule has 2 nitrogen and oxygen atoms in total. The van der Waals surface area contributed by atoms with Crippen LogP contribution in [0.2, 0.25) is 0 Å². The molecule has 0 unspecified atom stereocenters. The van der Waals surface area contributed by atoms with Gasteiger partial charge < -0.3 is 9.84 Å². The van der Waals surface area contributed by atoms with Crippen LogP contribution in [0.4, 0.5) is 0 Å². The molecule has 1 fully saturated rings. The van der Waals surface area contributed by atoms with Crippen LogP contribution in [0.25, 0.3) is 0 Å². The molecule has 18 heavy (non-hydrogen) atoms. The molecule has 1 aromatic carbocycles. The fourth-order valence-electron chi connectivity index (χ4n) is 3.23. The van der Waals surface area contributed by atoms with Crippen LogP contribution < -0.4 is 4.74 Å². The molecule has 1 aromatic rings. The number of aliphatic hydroxyl groups is 1. The Morgan fingerprint density at radius 1 is 1.33 bits per heavy atom. The number of hydrogen-bond donors (Lipinski definition) is 1. The highest BCUT2D eigenvalue weighted by atomic mass is 79.9. The van der Waals surface area contributed by atoms with Crippen molar-refractivity contribution in [2.75, 3.05) is 0 Å². The van der Waals surface area contributed by atoms with Gasteiger partial charge in [0, 0.05) is 16.5 Å². The van der Waals surface area contributed by atoms with Crippen LogP contribution in [0.3, 0.4) is 0 Å². The molecule has 0 aromatic heterocycles. The van der Waals surface area contributed by atoms with Gasteiger partial charge in [0.2, 0.25) is 0 Å². The zero-order chi connectivity index (χ0) is 12.9. The lowest BCUT2D eigenvalue weighted by Crippen LogP contribution is -2.53. The first-order chi connectivity index (χ1) is 8.49. The second kappa shape index (κ2) is 4.24. The third kappa shape index (κ3) is 1.97. The monoisotopic (exact) mass is 310 g/mol. The number of fused-ring (bicyclic) bond motifs is 1. The fourth-order valence-corrected chi connectivity index (χ4v) is 3.61. The zero-order valence-corrected chi connectivity index (χ0v) is 12.4. The van der Waals surface area contributed by atoms with Crippen LogP contribution in [-0.2, 0) is 0 Å². The summed E-state index contributed by atoms with van der Waals surface area (Å²) in [6.45, 7) is 4.53. The van der Waals surface area contributed by atoms with Crippen molar-refractivity contribution >= 4 is 15.9 Å². The fraction of sp³-hybridized carbons (Fsp3) is 0.600. The van der Waals surface area contributed by atoms with E-state index in [0.29, 0.717) is 5.92 Å². The van der Waals surface area contributed by atoms with Gasteiger partial charge in [-0.05, 0) is 42.9 Å². The Hall–Kier alpha value is -0.540. The smallest absolute Gasteiger partial charge is 0.126 e. The Morgan fingerprint density at radius 2 is 2.06 bits per heavy atom. The van der Waals surface area contributed by atoms with Crippen molar-refractivity contribution in [1.82, 2.24) is 0 Å². The second-order valence-corrected chi connectivity index (χ2v) is 7.02. The lowest BCUT2D eigenvalue weighted by molar-refractivity contribution is -0.108. The van der Waals surface area contributed by atoms with Crippen molar-refractivity contribution in [2.24, 2.45) is 11.8 Å². The molecule has 0 bridgehead atoms. The number of halogens is 1. The minimum absolute atomic E-state index is 0.102. The van der Waals surface area contributed by atoms with Crippen LogP contribution in [0.1, 0.15) is 44.8 Å². The molecule has 1 aliphatic heterocycles. The Morgan fingerprint density at radius 3 is 2.72 bits per heavy atom. The van der Waals surface area contributed by atoms with Gasteiger partial charge in [-0.15, -0.1) is 0 Å². The Kier molecular flexibility index (Phi) is 2.94. The molecule has 1 heterocycles. The van der Waals surface area contributed by atoms with E-state index in [1.807, 2.05) is 18.2 Å². The van der Waals surface area contributed by atoms with Crippen LogP contribution in [0.15, 0.2) is 22.7 Å². The highest BCUT2D eigenvalue weighted by Gasteiger charge is 2.51. The average Bonchev–Trinajstić information content (AvgIpc) is 2.26. The quantitative estimate of drug-likeness (QED) is 0.847. The number of benzene rings is 1. The van der Waals surface area contributed by atoms with Gasteiger partial charge in [-0.25, -0.2) is 0 Å². The number of hydrogen-bond acceptors (Lipinski definition) is 2. The van der Waals surface area contributed by atoms with Crippen molar-refractivity contribution in [2.45, 2.75) is 44.8 Å². The molecular formula is C15H19BrO2. The van der Waals surface area contributed by atoms with E-state index in [-0.39, 0.29) is 11.7 Å². The summed E-state index contributed by atoms with van der Waals surface area (Å²) in [6, 6.07) is 5.90. The van der Waals surface area contributed by atoms with Crippen molar-refractivity contribution in [3.8, 4) is 5.75 Å². The van der Waals surface area contributed by atoms with Crippen LogP contribution >= 0.6 is 15.9 Å². The highest BCUT2D eigenvalue weighted by Crippen LogP contribution is 2.53. The van der Waals surface area contributed by atoms with Gasteiger partial charge in [0.05, 0.1) is 6.10 Å². The Labute approximate surface area is 116 Å². The number of rotatable bonds is 1. The number of aliphatic hydroxyl groups excluding tert-OH is 1. The lowest BCUT2D eigenvalue weighted by atomic mass is 9.63. The van der Waals surface area contributed by atoms with Crippen LogP contribution in [0, 0.1) is 11.8 Å². The first kappa shape index (κ1) is 12.5. The summed E-state index contributed by atoms with van der Waals surface area (Å²) < 4.78 is 7.17. The summed E-state index contributed by atoms with van der Waals surface area (Å²) >= 11 is 3.44. The van der Waals surface area contributed by atoms with E-state index in [1.165, 1.54) is 0 Å². The van der Waals surface area contributed by atoms with Crippen molar-refractivity contribution < 1.29 is 9.84 Å². The summed E-state index contributed by atoms with van der Waals surface area (Å²) in [7, 11) is 0. The molecule has 0 amide bonds. The minimum Gasteiger partial charge on any atom is -0.487 e. The minimum atomic E-state index is -0.389. The van der Waals surface area contributed by atoms with Gasteiger partial charge in [0.1, 0.15) is 11.4 Å². The van der Waals surface area contributed by atoms with Crippen LogP contribution in [-0.4, -0.2) is 10.7 Å². The van der Waals surface area contributed by atoms with Gasteiger partial charge in [-0.3, -0.25) is 0 Å². The van der Waals surface area contributed by atoms with Crippen molar-refractivity contribution in [3.05, 3.63) is 28.2 Å². The van der Waals surface area contributed by atoms with E-state index < -0.39 is 0 Å². The largest absolute Gasteiger partial charge is 0.487 e. The molecule has 1 aliphatic carbocycles. The number of ether oxygens (including phenoxy) is 1. The molecule has 0 radical (unpaired) electrons. The van der Waals surface area contributed by atoms with E-state index >= 15 is 0 Å². The Balaban J connectivity index is 1.83. The normalized spacial score (nSPS) is 34.1. The SMILES string of the molecule is CC(C)C1CC2(C1)C[C@@H](O)c1cc(Br)ccc1O2. The van der Waals surface area contributed by atoms with E-state index in [0.717, 1.165) is 41.0 Å². The summed E-state index contributed by atoms with van der Waals surface area (Å²) in [5.41, 5.74) is 0.817. The van der Waals surface area contributed by atoms with Crippen molar-refractivity contribution in [1.29, 1.82) is 0 Å². The van der Waals surface area contributed by atoms with E-state index in [4.69, 9.17) is 4.74 Å². The Bertz CT molecular complexity index is 464. The summed E-state index contributed by atoms with van der Waals surface area (Å²) in [6.07, 6.45) is 2.51. The summed E-state index contributed by atoms with van der Waals surface area (Å²) in [5.74, 6) is 2.32. The maximum Gasteiger partial charge on any atom is 0.126 e. The van der Waals surface area contributed by atoms with Gasteiger partial charge >= 0.3 is 0 Å². The molecule has 3 rings (SSSR count). The topological polar surface area (TPSA) is 29.5 Å². The maximum atomic E-state index is 10.3. The molecular weight excluding hydrogens is 292 g/mol. The first-order valence-corrected chi connectivity index (χ1v) is 7.45. The van der Waals surface area contributed by atoms with Crippen molar-refractivity contribution in [3.63, 3.8) is 0 Å². The van der Waals surface area contributed by atoms with Gasteiger partial charge in [-0.1, -0.05) is 29.8 Å². The lowest BCUT2D eigenvalue weighted by Gasteiger charge is -2.52. The molecule has 2 aliphatic rings. The molecule has 98 valence electrons. The standard InChI is InChI=1S/C15H19BrO2/c1-9(2)10-6-15(7-10)8-13(17)12-5-11(16)3-4-14(12)18-15/h3-5,9-10,13,17H,6-8H2,1-2H3/t10?,13-,15?/m1/s1. The van der Waals surface area contributed by atoms with Gasteiger partial charge in [0.25, 0.3) is 0 Å².